The second-order valence-corrected chi connectivity index (χ2v) is 10.9. The Labute approximate surface area is 227 Å². The molecule has 2 aliphatic heterocycles. The molecule has 0 aliphatic carbocycles. The van der Waals surface area contributed by atoms with E-state index in [9.17, 15) is 22.8 Å². The number of anilines is 1. The molecular weight excluding hydrogens is 537 g/mol. The molecule has 198 valence electrons. The molecule has 2 amide bonds. The average molecular weight is 561 g/mol. The molecule has 2 aliphatic rings. The molecule has 2 atom stereocenters. The van der Waals surface area contributed by atoms with Crippen LogP contribution in [-0.4, -0.2) is 35.1 Å². The van der Waals surface area contributed by atoms with Gasteiger partial charge in [0.2, 0.25) is 11.8 Å². The third-order valence-corrected chi connectivity index (χ3v) is 8.21. The van der Waals surface area contributed by atoms with Gasteiger partial charge in [-0.15, -0.1) is 11.8 Å². The highest BCUT2D eigenvalue weighted by Crippen LogP contribution is 2.48. The van der Waals surface area contributed by atoms with Crippen molar-refractivity contribution in [3.63, 3.8) is 0 Å². The molecule has 10 heteroatoms. The summed E-state index contributed by atoms with van der Waals surface area (Å²) in [5.41, 5.74) is 0.0616. The molecule has 0 bridgehead atoms. The summed E-state index contributed by atoms with van der Waals surface area (Å²) in [6.45, 7) is 1.33. The summed E-state index contributed by atoms with van der Waals surface area (Å²) in [7, 11) is 0. The van der Waals surface area contributed by atoms with Crippen molar-refractivity contribution in [2.45, 2.75) is 36.1 Å². The first-order valence-corrected chi connectivity index (χ1v) is 13.5. The molecule has 2 saturated heterocycles. The number of halogens is 4. The Bertz CT molecular complexity index is 1310. The molecule has 0 N–H and O–H groups in total. The van der Waals surface area contributed by atoms with Gasteiger partial charge in [-0.05, 0) is 79.1 Å². The molecule has 2 unspecified atom stereocenters. The van der Waals surface area contributed by atoms with Crippen LogP contribution < -0.4 is 9.64 Å². The van der Waals surface area contributed by atoms with Gasteiger partial charge in [-0.1, -0.05) is 23.7 Å². The molecule has 0 spiro atoms. The Morgan fingerprint density at radius 2 is 1.61 bits per heavy atom. The third-order valence-electron chi connectivity index (χ3n) is 6.52. The third kappa shape index (κ3) is 5.78. The molecule has 3 aromatic carbocycles. The summed E-state index contributed by atoms with van der Waals surface area (Å²) in [5, 5.41) is -0.840. The number of thioether (sulfide) groups is 1. The smallest absolute Gasteiger partial charge is 0.416 e. The minimum absolute atomic E-state index is 0.00717. The highest BCUT2D eigenvalue weighted by atomic mass is 35.5. The second-order valence-electron chi connectivity index (χ2n) is 9.15. The van der Waals surface area contributed by atoms with Gasteiger partial charge in [0.25, 0.3) is 0 Å². The fourth-order valence-corrected chi connectivity index (χ4v) is 6.16. The number of carbonyl (C=O) groups excluding carboxylic acids is 2. The van der Waals surface area contributed by atoms with Crippen molar-refractivity contribution in [2.24, 2.45) is 0 Å². The fraction of sp³-hybridized carbons (Fsp3) is 0.286. The van der Waals surface area contributed by atoms with Gasteiger partial charge < -0.3 is 9.64 Å². The van der Waals surface area contributed by atoms with Crippen molar-refractivity contribution in [3.8, 4) is 11.5 Å². The van der Waals surface area contributed by atoms with Crippen LogP contribution in [0.2, 0.25) is 5.02 Å². The van der Waals surface area contributed by atoms with E-state index in [1.165, 1.54) is 22.7 Å². The normalized spacial score (nSPS) is 19.7. The minimum atomic E-state index is -4.51. The van der Waals surface area contributed by atoms with Gasteiger partial charge in [-0.3, -0.25) is 14.5 Å². The van der Waals surface area contributed by atoms with Crippen LogP contribution in [0.25, 0.3) is 0 Å². The summed E-state index contributed by atoms with van der Waals surface area (Å²) in [6.07, 6.45) is -2.64. The first kappa shape index (κ1) is 26.4. The van der Waals surface area contributed by atoms with Crippen LogP contribution in [0.4, 0.5) is 18.9 Å². The van der Waals surface area contributed by atoms with Crippen molar-refractivity contribution in [1.82, 2.24) is 4.90 Å². The van der Waals surface area contributed by atoms with Crippen LogP contribution in [0.1, 0.15) is 35.8 Å². The van der Waals surface area contributed by atoms with Crippen LogP contribution in [0.5, 0.6) is 11.5 Å². The van der Waals surface area contributed by atoms with E-state index in [0.29, 0.717) is 40.9 Å². The minimum Gasteiger partial charge on any atom is -0.457 e. The Kier molecular flexibility index (Phi) is 7.59. The summed E-state index contributed by atoms with van der Waals surface area (Å²) in [5.74, 6) is 0.685. The van der Waals surface area contributed by atoms with E-state index >= 15 is 0 Å². The lowest BCUT2D eigenvalue weighted by Gasteiger charge is -2.25. The number of likely N-dealkylation sites (tertiary alicyclic amines) is 1. The van der Waals surface area contributed by atoms with E-state index in [4.69, 9.17) is 16.3 Å². The fourth-order valence-electron chi connectivity index (χ4n) is 4.61. The lowest BCUT2D eigenvalue weighted by Crippen LogP contribution is -2.35. The predicted molar refractivity (Wildman–Crippen MR) is 141 cm³/mol. The van der Waals surface area contributed by atoms with Gasteiger partial charge in [-0.2, -0.15) is 13.2 Å². The van der Waals surface area contributed by atoms with E-state index in [-0.39, 0.29) is 18.2 Å². The van der Waals surface area contributed by atoms with Crippen LogP contribution in [-0.2, 0) is 15.8 Å². The zero-order valence-electron chi connectivity index (χ0n) is 20.2. The van der Waals surface area contributed by atoms with E-state index in [2.05, 4.69) is 0 Å². The lowest BCUT2D eigenvalue weighted by atomic mass is 10.1. The number of carbonyl (C=O) groups is 2. The van der Waals surface area contributed by atoms with Crippen LogP contribution >= 0.6 is 23.4 Å². The molecular formula is C28H24ClF3N2O3S. The van der Waals surface area contributed by atoms with Crippen molar-refractivity contribution < 1.29 is 27.5 Å². The van der Waals surface area contributed by atoms with Gasteiger partial charge in [0, 0.05) is 30.2 Å². The number of benzene rings is 3. The Morgan fingerprint density at radius 1 is 0.974 bits per heavy atom. The van der Waals surface area contributed by atoms with Crippen molar-refractivity contribution in [2.75, 3.05) is 18.0 Å². The molecule has 3 aromatic rings. The molecule has 0 saturated carbocycles. The summed E-state index contributed by atoms with van der Waals surface area (Å²) in [4.78, 5) is 29.7. The van der Waals surface area contributed by atoms with E-state index in [1.54, 1.807) is 59.5 Å². The highest BCUT2D eigenvalue weighted by molar-refractivity contribution is 8.01. The topological polar surface area (TPSA) is 49.9 Å². The van der Waals surface area contributed by atoms with Gasteiger partial charge in [0.1, 0.15) is 16.9 Å². The second kappa shape index (κ2) is 10.9. The van der Waals surface area contributed by atoms with Gasteiger partial charge in [0.05, 0.1) is 10.8 Å². The first-order valence-electron chi connectivity index (χ1n) is 12.2. The Hall–Kier alpha value is -3.17. The van der Waals surface area contributed by atoms with Crippen LogP contribution in [0, 0.1) is 0 Å². The van der Waals surface area contributed by atoms with Crippen molar-refractivity contribution >= 4 is 40.9 Å². The maximum atomic E-state index is 13.6. The van der Waals surface area contributed by atoms with Crippen molar-refractivity contribution in [1.29, 1.82) is 0 Å². The summed E-state index contributed by atoms with van der Waals surface area (Å²) >= 11 is 7.13. The maximum absolute atomic E-state index is 13.6. The Balaban J connectivity index is 1.42. The standard InChI is InChI=1S/C28H24ClF3N2O3S/c29-20-6-10-22(11-7-20)37-23-12-8-21(9-13-23)34-26(36)24(17-25(35)33-14-1-2-15-33)38-27(34)18-4-3-5-19(16-18)28(30,31)32/h3-13,16,24,27H,1-2,14-15,17H2. The number of amides is 2. The SMILES string of the molecule is O=C(CC1SC(c2cccc(C(F)(F)F)c2)N(c2ccc(Oc3ccc(Cl)cc3)cc2)C1=O)N1CCCC1. The quantitative estimate of drug-likeness (QED) is 0.317. The number of ether oxygens (including phenoxy) is 1. The van der Waals surface area contributed by atoms with Gasteiger partial charge in [0.15, 0.2) is 0 Å². The maximum Gasteiger partial charge on any atom is 0.416 e. The van der Waals surface area contributed by atoms with Crippen LogP contribution in [0.15, 0.2) is 72.8 Å². The largest absolute Gasteiger partial charge is 0.457 e. The number of hydrogen-bond acceptors (Lipinski definition) is 4. The molecule has 0 radical (unpaired) electrons. The molecule has 5 nitrogen and oxygen atoms in total. The van der Waals surface area contributed by atoms with E-state index in [1.807, 2.05) is 0 Å². The molecule has 2 heterocycles. The first-order chi connectivity index (χ1) is 18.2. The molecule has 2 fully saturated rings. The zero-order chi connectivity index (χ0) is 26.9. The number of nitrogens with zero attached hydrogens (tertiary/aromatic N) is 2. The van der Waals surface area contributed by atoms with E-state index < -0.39 is 22.4 Å². The number of hydrogen-bond donors (Lipinski definition) is 0. The molecule has 0 aromatic heterocycles. The predicted octanol–water partition coefficient (Wildman–Crippen LogP) is 7.31. The lowest BCUT2D eigenvalue weighted by molar-refractivity contribution is -0.137. The van der Waals surface area contributed by atoms with Crippen molar-refractivity contribution in [3.05, 3.63) is 88.9 Å². The zero-order valence-corrected chi connectivity index (χ0v) is 21.7. The molecule has 5 rings (SSSR count). The summed E-state index contributed by atoms with van der Waals surface area (Å²) < 4.78 is 46.2. The highest BCUT2D eigenvalue weighted by Gasteiger charge is 2.44. The van der Waals surface area contributed by atoms with Gasteiger partial charge >= 0.3 is 6.18 Å². The van der Waals surface area contributed by atoms with E-state index in [0.717, 1.165) is 25.0 Å². The number of rotatable bonds is 6. The van der Waals surface area contributed by atoms with Crippen LogP contribution in [0.3, 0.4) is 0 Å². The monoisotopic (exact) mass is 560 g/mol. The molecule has 38 heavy (non-hydrogen) atoms. The number of alkyl halides is 3. The van der Waals surface area contributed by atoms with Gasteiger partial charge in [-0.25, -0.2) is 0 Å². The average Bonchev–Trinajstić information content (AvgIpc) is 3.55. The summed E-state index contributed by atoms with van der Waals surface area (Å²) in [6, 6.07) is 18.6. The Morgan fingerprint density at radius 3 is 2.24 bits per heavy atom.